The monoisotopic (exact) mass is 299 g/mol. The highest BCUT2D eigenvalue weighted by Crippen LogP contribution is 2.38. The fourth-order valence-electron chi connectivity index (χ4n) is 3.20. The normalized spacial score (nSPS) is 30.1. The fourth-order valence-corrected chi connectivity index (χ4v) is 3.20. The Hall–Kier alpha value is -1.30. The van der Waals surface area contributed by atoms with E-state index in [-0.39, 0.29) is 24.3 Å². The van der Waals surface area contributed by atoms with Crippen LogP contribution in [0.2, 0.25) is 0 Å². The molecular formula is C15H25NO5. The van der Waals surface area contributed by atoms with Crippen LogP contribution in [-0.4, -0.2) is 52.0 Å². The third-order valence-electron chi connectivity index (χ3n) is 4.04. The SMILES string of the molecule is C[C@@H](OC1C[C@H]2CC[C@@H](C1)N2C(=O)OC(C)(C)C)C(=O)O. The molecule has 0 saturated carbocycles. The second-order valence-electron chi connectivity index (χ2n) is 6.98. The summed E-state index contributed by atoms with van der Waals surface area (Å²) in [6.45, 7) is 7.12. The Morgan fingerprint density at radius 1 is 1.19 bits per heavy atom. The maximum Gasteiger partial charge on any atom is 0.410 e. The molecule has 2 aliphatic heterocycles. The molecule has 0 aromatic rings. The van der Waals surface area contributed by atoms with E-state index in [1.165, 1.54) is 0 Å². The standard InChI is InChI=1S/C15H25NO5/c1-9(13(17)18)20-12-7-10-5-6-11(8-12)16(10)14(19)21-15(2,3)4/h9-12H,5-8H2,1-4H3,(H,17,18)/t9-,10-,11+,12?/m1/s1. The number of carboxylic acids is 1. The summed E-state index contributed by atoms with van der Waals surface area (Å²) in [5, 5.41) is 8.92. The number of piperidine rings is 1. The van der Waals surface area contributed by atoms with Crippen LogP contribution in [0.3, 0.4) is 0 Å². The first kappa shape index (κ1) is 16.1. The lowest BCUT2D eigenvalue weighted by Crippen LogP contribution is -2.50. The third kappa shape index (κ3) is 3.87. The first-order valence-electron chi connectivity index (χ1n) is 7.57. The molecule has 120 valence electrons. The summed E-state index contributed by atoms with van der Waals surface area (Å²) >= 11 is 0. The summed E-state index contributed by atoms with van der Waals surface area (Å²) in [5.74, 6) is -0.947. The number of ether oxygens (including phenoxy) is 2. The summed E-state index contributed by atoms with van der Waals surface area (Å²) in [4.78, 5) is 25.0. The molecule has 2 heterocycles. The minimum Gasteiger partial charge on any atom is -0.479 e. The minimum atomic E-state index is -0.947. The fraction of sp³-hybridized carbons (Fsp3) is 0.867. The lowest BCUT2D eigenvalue weighted by Gasteiger charge is -2.39. The quantitative estimate of drug-likeness (QED) is 0.866. The predicted octanol–water partition coefficient (Wildman–Crippen LogP) is 2.41. The van der Waals surface area contributed by atoms with E-state index >= 15 is 0 Å². The number of amides is 1. The molecule has 1 amide bonds. The number of carbonyl (C=O) groups excluding carboxylic acids is 1. The van der Waals surface area contributed by atoms with Crippen molar-refractivity contribution < 1.29 is 24.2 Å². The van der Waals surface area contributed by atoms with Crippen molar-refractivity contribution in [3.05, 3.63) is 0 Å². The second-order valence-corrected chi connectivity index (χ2v) is 6.98. The van der Waals surface area contributed by atoms with Crippen LogP contribution in [0.25, 0.3) is 0 Å². The molecule has 0 aliphatic carbocycles. The highest BCUT2D eigenvalue weighted by Gasteiger charge is 2.45. The van der Waals surface area contributed by atoms with Gasteiger partial charge in [-0.05, 0) is 53.4 Å². The van der Waals surface area contributed by atoms with E-state index in [9.17, 15) is 9.59 Å². The van der Waals surface area contributed by atoms with Crippen LogP contribution >= 0.6 is 0 Å². The van der Waals surface area contributed by atoms with Crippen molar-refractivity contribution in [2.24, 2.45) is 0 Å². The topological polar surface area (TPSA) is 76.1 Å². The Bertz CT molecular complexity index is 403. The molecule has 1 unspecified atom stereocenters. The summed E-state index contributed by atoms with van der Waals surface area (Å²) in [5.41, 5.74) is -0.498. The molecule has 21 heavy (non-hydrogen) atoms. The zero-order chi connectivity index (χ0) is 15.8. The van der Waals surface area contributed by atoms with Gasteiger partial charge in [-0.3, -0.25) is 0 Å². The number of carboxylic acid groups (broad SMARTS) is 1. The van der Waals surface area contributed by atoms with E-state index in [0.717, 1.165) is 12.8 Å². The van der Waals surface area contributed by atoms with Crippen LogP contribution in [0.1, 0.15) is 53.4 Å². The molecule has 0 spiro atoms. The lowest BCUT2D eigenvalue weighted by atomic mass is 10.00. The number of nitrogens with zero attached hydrogens (tertiary/aromatic N) is 1. The third-order valence-corrected chi connectivity index (χ3v) is 4.04. The smallest absolute Gasteiger partial charge is 0.410 e. The molecule has 6 heteroatoms. The number of aliphatic carboxylic acids is 1. The van der Waals surface area contributed by atoms with Gasteiger partial charge < -0.3 is 19.5 Å². The molecule has 2 fully saturated rings. The van der Waals surface area contributed by atoms with Crippen molar-refractivity contribution in [2.45, 2.75) is 83.3 Å². The minimum absolute atomic E-state index is 0.0905. The maximum atomic E-state index is 12.3. The highest BCUT2D eigenvalue weighted by atomic mass is 16.6. The summed E-state index contributed by atoms with van der Waals surface area (Å²) in [6, 6.07) is 0.203. The van der Waals surface area contributed by atoms with Crippen molar-refractivity contribution in [1.82, 2.24) is 4.90 Å². The van der Waals surface area contributed by atoms with Crippen molar-refractivity contribution in [2.75, 3.05) is 0 Å². The number of carbonyl (C=O) groups is 2. The first-order chi connectivity index (χ1) is 9.67. The van der Waals surface area contributed by atoms with Gasteiger partial charge in [0.25, 0.3) is 0 Å². The van der Waals surface area contributed by atoms with E-state index in [1.807, 2.05) is 25.7 Å². The van der Waals surface area contributed by atoms with Crippen LogP contribution in [-0.2, 0) is 14.3 Å². The van der Waals surface area contributed by atoms with E-state index in [4.69, 9.17) is 14.6 Å². The summed E-state index contributed by atoms with van der Waals surface area (Å²) in [7, 11) is 0. The van der Waals surface area contributed by atoms with Gasteiger partial charge in [0.1, 0.15) is 5.60 Å². The van der Waals surface area contributed by atoms with Crippen LogP contribution in [0.5, 0.6) is 0 Å². The lowest BCUT2D eigenvalue weighted by molar-refractivity contribution is -0.155. The van der Waals surface area contributed by atoms with Gasteiger partial charge in [0, 0.05) is 12.1 Å². The highest BCUT2D eigenvalue weighted by molar-refractivity contribution is 5.71. The average molecular weight is 299 g/mol. The average Bonchev–Trinajstić information content (AvgIpc) is 2.59. The van der Waals surface area contributed by atoms with Gasteiger partial charge in [-0.15, -0.1) is 0 Å². The Labute approximate surface area is 125 Å². The first-order valence-corrected chi connectivity index (χ1v) is 7.57. The van der Waals surface area contributed by atoms with Gasteiger partial charge in [0.15, 0.2) is 6.10 Å². The number of hydrogen-bond donors (Lipinski definition) is 1. The predicted molar refractivity (Wildman–Crippen MR) is 76.1 cm³/mol. The van der Waals surface area contributed by atoms with E-state index in [1.54, 1.807) is 6.92 Å². The molecule has 2 aliphatic rings. The zero-order valence-electron chi connectivity index (χ0n) is 13.2. The van der Waals surface area contributed by atoms with Crippen molar-refractivity contribution in [3.63, 3.8) is 0 Å². The summed E-state index contributed by atoms with van der Waals surface area (Å²) < 4.78 is 11.0. The van der Waals surface area contributed by atoms with Gasteiger partial charge in [-0.2, -0.15) is 0 Å². The maximum absolute atomic E-state index is 12.3. The van der Waals surface area contributed by atoms with Gasteiger partial charge in [0.05, 0.1) is 6.10 Å². The van der Waals surface area contributed by atoms with E-state index in [2.05, 4.69) is 0 Å². The van der Waals surface area contributed by atoms with E-state index in [0.29, 0.717) is 12.8 Å². The Balaban J connectivity index is 1.96. The number of hydrogen-bond acceptors (Lipinski definition) is 4. The van der Waals surface area contributed by atoms with Crippen LogP contribution in [0.15, 0.2) is 0 Å². The van der Waals surface area contributed by atoms with Gasteiger partial charge >= 0.3 is 12.1 Å². The molecule has 2 bridgehead atoms. The van der Waals surface area contributed by atoms with Gasteiger partial charge in [-0.1, -0.05) is 0 Å². The Kier molecular flexibility index (Phi) is 4.46. The Morgan fingerprint density at radius 2 is 1.71 bits per heavy atom. The van der Waals surface area contributed by atoms with E-state index < -0.39 is 17.7 Å². The second kappa shape index (κ2) is 5.83. The summed E-state index contributed by atoms with van der Waals surface area (Å²) in [6.07, 6.45) is 2.09. The molecule has 2 saturated heterocycles. The van der Waals surface area contributed by atoms with Crippen molar-refractivity contribution in [3.8, 4) is 0 Å². The van der Waals surface area contributed by atoms with Gasteiger partial charge in [0.2, 0.25) is 0 Å². The zero-order valence-corrected chi connectivity index (χ0v) is 13.2. The largest absolute Gasteiger partial charge is 0.479 e. The molecule has 0 aromatic carbocycles. The molecule has 4 atom stereocenters. The van der Waals surface area contributed by atoms with Crippen LogP contribution < -0.4 is 0 Å². The van der Waals surface area contributed by atoms with Crippen LogP contribution in [0, 0.1) is 0 Å². The molecule has 0 aromatic heterocycles. The molecule has 6 nitrogen and oxygen atoms in total. The van der Waals surface area contributed by atoms with Gasteiger partial charge in [-0.25, -0.2) is 9.59 Å². The van der Waals surface area contributed by atoms with Crippen LogP contribution in [0.4, 0.5) is 4.79 Å². The number of rotatable bonds is 3. The van der Waals surface area contributed by atoms with Crippen molar-refractivity contribution >= 4 is 12.1 Å². The van der Waals surface area contributed by atoms with Crippen molar-refractivity contribution in [1.29, 1.82) is 0 Å². The molecule has 0 radical (unpaired) electrons. The molecular weight excluding hydrogens is 274 g/mol. The Morgan fingerprint density at radius 3 is 2.14 bits per heavy atom. The molecule has 1 N–H and O–H groups in total. The number of fused-ring (bicyclic) bond motifs is 2. The molecule has 2 rings (SSSR count).